The van der Waals surface area contributed by atoms with E-state index in [1.807, 2.05) is 18.2 Å². The topological polar surface area (TPSA) is 82.7 Å². The number of ether oxygens (including phenoxy) is 2. The van der Waals surface area contributed by atoms with E-state index in [1.165, 1.54) is 32.1 Å². The minimum absolute atomic E-state index is 0.103. The van der Waals surface area contributed by atoms with Gasteiger partial charge in [0.25, 0.3) is 0 Å². The van der Waals surface area contributed by atoms with Crippen molar-refractivity contribution in [2.75, 3.05) is 19.9 Å². The molecule has 4 atom stereocenters. The van der Waals surface area contributed by atoms with Gasteiger partial charge in [-0.3, -0.25) is 4.79 Å². The summed E-state index contributed by atoms with van der Waals surface area (Å²) in [4.78, 5) is 14.6. The van der Waals surface area contributed by atoms with Crippen LogP contribution >= 0.6 is 0 Å². The zero-order chi connectivity index (χ0) is 22.9. The molecule has 1 aromatic carbocycles. The molecule has 2 aromatic rings. The summed E-state index contributed by atoms with van der Waals surface area (Å²) in [6.45, 7) is 3.79. The molecule has 0 spiro atoms. The number of benzene rings is 1. The number of carbonyl (C=O) groups excluding carboxylic acids is 1. The zero-order valence-corrected chi connectivity index (χ0v) is 19.9. The quantitative estimate of drug-likeness (QED) is 0.650. The first-order valence-electron chi connectivity index (χ1n) is 13.1. The number of aromatic nitrogens is 3. The summed E-state index contributed by atoms with van der Waals surface area (Å²) >= 11 is 0. The van der Waals surface area contributed by atoms with E-state index >= 15 is 0 Å². The molecule has 8 nitrogen and oxygen atoms in total. The van der Waals surface area contributed by atoms with E-state index < -0.39 is 0 Å². The van der Waals surface area contributed by atoms with Crippen LogP contribution in [-0.2, 0) is 24.3 Å². The smallest absolute Gasteiger partial charge is 0.231 e. The molecule has 1 saturated carbocycles. The van der Waals surface area contributed by atoms with Gasteiger partial charge in [-0.05, 0) is 36.0 Å². The van der Waals surface area contributed by atoms with Gasteiger partial charge in [-0.2, -0.15) is 0 Å². The van der Waals surface area contributed by atoms with Crippen LogP contribution in [0.25, 0.3) is 0 Å². The third-order valence-corrected chi connectivity index (χ3v) is 8.51. The number of amides is 1. The van der Waals surface area contributed by atoms with Crippen LogP contribution in [0.5, 0.6) is 11.5 Å². The second kappa shape index (κ2) is 9.56. The number of nitrogens with zero attached hydrogens (tertiary/aromatic N) is 3. The van der Waals surface area contributed by atoms with Gasteiger partial charge < -0.3 is 19.7 Å². The van der Waals surface area contributed by atoms with Crippen LogP contribution in [0, 0.1) is 17.8 Å². The van der Waals surface area contributed by atoms with Crippen LogP contribution in [0.15, 0.2) is 24.4 Å². The number of hydrogen-bond acceptors (Lipinski definition) is 5. The normalized spacial score (nSPS) is 28.2. The van der Waals surface area contributed by atoms with Gasteiger partial charge in [-0.1, -0.05) is 43.4 Å². The maximum absolute atomic E-state index is 13.0. The summed E-state index contributed by atoms with van der Waals surface area (Å²) in [5, 5.41) is 12.1. The Labute approximate surface area is 201 Å². The van der Waals surface area contributed by atoms with E-state index in [2.05, 4.69) is 26.5 Å². The number of nitrogens with one attached hydrogen (secondary N) is 2. The van der Waals surface area contributed by atoms with Gasteiger partial charge in [0.05, 0.1) is 31.2 Å². The fourth-order valence-corrected chi connectivity index (χ4v) is 6.62. The minimum Gasteiger partial charge on any atom is -0.454 e. The van der Waals surface area contributed by atoms with E-state index in [0.29, 0.717) is 18.5 Å². The molecule has 7 rings (SSSR count). The maximum Gasteiger partial charge on any atom is 0.231 e. The molecule has 2 N–H and O–H groups in total. The predicted molar refractivity (Wildman–Crippen MR) is 125 cm³/mol. The highest BCUT2D eigenvalue weighted by Gasteiger charge is 2.46. The van der Waals surface area contributed by atoms with Gasteiger partial charge in [0.2, 0.25) is 12.7 Å². The largest absolute Gasteiger partial charge is 0.454 e. The van der Waals surface area contributed by atoms with Crippen molar-refractivity contribution in [3.05, 3.63) is 35.7 Å². The van der Waals surface area contributed by atoms with Crippen molar-refractivity contribution >= 4 is 5.91 Å². The average molecular weight is 467 g/mol. The van der Waals surface area contributed by atoms with E-state index in [0.717, 1.165) is 67.6 Å². The van der Waals surface area contributed by atoms with E-state index in [9.17, 15) is 4.79 Å². The number of quaternary nitrogens is 1. The molecular weight excluding hydrogens is 430 g/mol. The highest BCUT2D eigenvalue weighted by Crippen LogP contribution is 2.33. The van der Waals surface area contributed by atoms with Crippen LogP contribution in [0.3, 0.4) is 0 Å². The monoisotopic (exact) mass is 466 g/mol. The van der Waals surface area contributed by atoms with Crippen molar-refractivity contribution in [1.29, 1.82) is 0 Å². The fraction of sp³-hybridized carbons (Fsp3) is 0.654. The highest BCUT2D eigenvalue weighted by molar-refractivity contribution is 5.79. The van der Waals surface area contributed by atoms with Crippen LogP contribution in [0.1, 0.15) is 56.2 Å². The van der Waals surface area contributed by atoms with Crippen LogP contribution < -0.4 is 19.7 Å². The summed E-state index contributed by atoms with van der Waals surface area (Å²) in [6.07, 6.45) is 12.3. The van der Waals surface area contributed by atoms with Gasteiger partial charge in [-0.15, -0.1) is 5.10 Å². The van der Waals surface area contributed by atoms with Crippen LogP contribution in [0.2, 0.25) is 0 Å². The molecule has 5 aliphatic rings. The van der Waals surface area contributed by atoms with Crippen molar-refractivity contribution in [1.82, 2.24) is 20.3 Å². The lowest BCUT2D eigenvalue weighted by molar-refractivity contribution is -0.945. The lowest BCUT2D eigenvalue weighted by Crippen LogP contribution is -3.20. The second-order valence-corrected chi connectivity index (χ2v) is 10.7. The SMILES string of the molecule is O=C(NCc1ccc2c(c1)OCO2)[C@H]1C[NH+]2CC[C@H]1C[C@@H]2Cn1cc(CC2CCCCC2)nn1. The molecular formula is C26H36N5O3+. The molecule has 1 unspecified atom stereocenters. The molecule has 2 bridgehead atoms. The Hall–Kier alpha value is -2.61. The molecule has 1 aromatic heterocycles. The molecule has 1 aliphatic carbocycles. The molecule has 8 heteroatoms. The van der Waals surface area contributed by atoms with E-state index in [4.69, 9.17) is 9.47 Å². The van der Waals surface area contributed by atoms with Gasteiger partial charge in [0, 0.05) is 25.6 Å². The van der Waals surface area contributed by atoms with Crippen molar-refractivity contribution in [2.45, 2.75) is 70.5 Å². The molecule has 34 heavy (non-hydrogen) atoms. The average Bonchev–Trinajstić information content (AvgIpc) is 3.52. The molecule has 3 saturated heterocycles. The standard InChI is InChI=1S/C26H35N5O3/c32-26(27-13-19-6-7-24-25(11-19)34-17-33-24)23-16-30-9-8-20(23)12-22(30)15-31-14-21(28-29-31)10-18-4-2-1-3-5-18/h6-7,11,14,18,20,22-23H,1-5,8-10,12-13,15-17H2,(H,27,32)/p+1/t20-,22+,23-/m0/s1. The number of hydrogen-bond donors (Lipinski definition) is 2. The second-order valence-electron chi connectivity index (χ2n) is 10.7. The van der Waals surface area contributed by atoms with Gasteiger partial charge >= 0.3 is 0 Å². The third-order valence-electron chi connectivity index (χ3n) is 8.51. The van der Waals surface area contributed by atoms with Crippen LogP contribution in [-0.4, -0.2) is 46.8 Å². The van der Waals surface area contributed by atoms with Crippen molar-refractivity contribution in [3.8, 4) is 11.5 Å². The number of carbonyl (C=O) groups is 1. The number of fused-ring (bicyclic) bond motifs is 4. The third kappa shape index (κ3) is 4.65. The van der Waals surface area contributed by atoms with E-state index in [1.54, 1.807) is 4.90 Å². The van der Waals surface area contributed by atoms with Crippen molar-refractivity contribution in [3.63, 3.8) is 0 Å². The molecule has 0 radical (unpaired) electrons. The van der Waals surface area contributed by atoms with Crippen LogP contribution in [0.4, 0.5) is 0 Å². The Balaban J connectivity index is 1.01. The van der Waals surface area contributed by atoms with Gasteiger partial charge in [0.1, 0.15) is 6.04 Å². The number of rotatable bonds is 7. The fourth-order valence-electron chi connectivity index (χ4n) is 6.62. The molecule has 1 amide bonds. The lowest BCUT2D eigenvalue weighted by atomic mass is 9.75. The van der Waals surface area contributed by atoms with E-state index in [-0.39, 0.29) is 18.6 Å². The van der Waals surface area contributed by atoms with Crippen molar-refractivity contribution in [2.24, 2.45) is 17.8 Å². The molecule has 182 valence electrons. The first-order chi connectivity index (χ1) is 16.7. The Morgan fingerprint density at radius 2 is 2.03 bits per heavy atom. The Bertz CT molecular complexity index is 1020. The highest BCUT2D eigenvalue weighted by atomic mass is 16.7. The zero-order valence-electron chi connectivity index (χ0n) is 19.9. The Kier molecular flexibility index (Phi) is 6.16. The summed E-state index contributed by atoms with van der Waals surface area (Å²) < 4.78 is 12.9. The minimum atomic E-state index is 0.103. The maximum atomic E-state index is 13.0. The lowest BCUT2D eigenvalue weighted by Gasteiger charge is -2.46. The molecule has 4 aliphatic heterocycles. The van der Waals surface area contributed by atoms with Gasteiger partial charge in [-0.25, -0.2) is 4.68 Å². The predicted octanol–water partition coefficient (Wildman–Crippen LogP) is 1.74. The first kappa shape index (κ1) is 21.9. The summed E-state index contributed by atoms with van der Waals surface area (Å²) in [5.41, 5.74) is 2.19. The van der Waals surface area contributed by atoms with Crippen molar-refractivity contribution < 1.29 is 19.2 Å². The Morgan fingerprint density at radius 3 is 2.88 bits per heavy atom. The number of piperidine rings is 3. The van der Waals surface area contributed by atoms with Gasteiger partial charge in [0.15, 0.2) is 11.5 Å². The molecule has 4 fully saturated rings. The molecule has 5 heterocycles. The summed E-state index contributed by atoms with van der Waals surface area (Å²) in [5.74, 6) is 3.08. The first-order valence-corrected chi connectivity index (χ1v) is 13.1. The Morgan fingerprint density at radius 1 is 1.15 bits per heavy atom. The summed E-state index contributed by atoms with van der Waals surface area (Å²) in [7, 11) is 0. The summed E-state index contributed by atoms with van der Waals surface area (Å²) in [6, 6.07) is 6.39.